The standard InChI is InChI=1S/C19H18ClN3O2/c1-2-25-18(24)15-16(12-6-4-3-5-7-12)22-19(21)23-17(15)13-8-10-14(20)11-9-13/h3-11,17H,2H2,1H3,(H3,21,22,23)/p+1/t17-/m0/s1. The summed E-state index contributed by atoms with van der Waals surface area (Å²) in [5.74, 6) is -0.0272. The van der Waals surface area contributed by atoms with Crippen molar-refractivity contribution in [2.75, 3.05) is 6.61 Å². The molecule has 0 saturated carbocycles. The molecule has 0 aliphatic carbocycles. The van der Waals surface area contributed by atoms with Crippen molar-refractivity contribution in [3.8, 4) is 0 Å². The highest BCUT2D eigenvalue weighted by Gasteiger charge is 2.34. The lowest BCUT2D eigenvalue weighted by atomic mass is 9.93. The van der Waals surface area contributed by atoms with E-state index in [9.17, 15) is 4.79 Å². The number of hydrogen-bond donors (Lipinski definition) is 3. The van der Waals surface area contributed by atoms with E-state index in [0.29, 0.717) is 22.3 Å². The molecule has 0 fully saturated rings. The molecule has 1 atom stereocenters. The minimum Gasteiger partial charge on any atom is -0.462 e. The van der Waals surface area contributed by atoms with Crippen molar-refractivity contribution in [1.82, 2.24) is 5.32 Å². The molecule has 6 heteroatoms. The van der Waals surface area contributed by atoms with Crippen molar-refractivity contribution in [2.45, 2.75) is 13.0 Å². The van der Waals surface area contributed by atoms with Crippen molar-refractivity contribution in [2.24, 2.45) is 5.73 Å². The molecule has 0 bridgehead atoms. The summed E-state index contributed by atoms with van der Waals surface area (Å²) in [6.45, 7) is 2.07. The Balaban J connectivity index is 2.16. The van der Waals surface area contributed by atoms with Crippen molar-refractivity contribution in [3.05, 3.63) is 76.3 Å². The van der Waals surface area contributed by atoms with E-state index in [4.69, 9.17) is 22.1 Å². The predicted octanol–water partition coefficient (Wildman–Crippen LogP) is 1.35. The van der Waals surface area contributed by atoms with E-state index in [1.165, 1.54) is 0 Å². The molecule has 4 N–H and O–H groups in total. The second-order valence-electron chi connectivity index (χ2n) is 5.54. The van der Waals surface area contributed by atoms with Crippen molar-refractivity contribution in [3.63, 3.8) is 0 Å². The number of nitrogens with one attached hydrogen (secondary N) is 2. The smallest absolute Gasteiger partial charge is 0.346 e. The fourth-order valence-electron chi connectivity index (χ4n) is 2.78. The van der Waals surface area contributed by atoms with Gasteiger partial charge in [0.15, 0.2) is 0 Å². The monoisotopic (exact) mass is 356 g/mol. The molecule has 1 heterocycles. The number of halogens is 1. The first-order valence-corrected chi connectivity index (χ1v) is 8.36. The maximum absolute atomic E-state index is 12.7. The van der Waals surface area contributed by atoms with Gasteiger partial charge in [0.05, 0.1) is 6.61 Å². The molecule has 0 unspecified atom stereocenters. The lowest BCUT2D eigenvalue weighted by Gasteiger charge is -2.23. The molecule has 0 amide bonds. The van der Waals surface area contributed by atoms with Gasteiger partial charge in [0, 0.05) is 10.6 Å². The van der Waals surface area contributed by atoms with Crippen LogP contribution in [0.5, 0.6) is 0 Å². The van der Waals surface area contributed by atoms with Gasteiger partial charge >= 0.3 is 11.9 Å². The minimum atomic E-state index is -0.437. The molecule has 128 valence electrons. The van der Waals surface area contributed by atoms with Gasteiger partial charge in [-0.05, 0) is 24.6 Å². The highest BCUT2D eigenvalue weighted by Crippen LogP contribution is 2.28. The Labute approximate surface area is 151 Å². The summed E-state index contributed by atoms with van der Waals surface area (Å²) in [4.78, 5) is 15.8. The number of carbonyl (C=O) groups excluding carboxylic acids is 1. The van der Waals surface area contributed by atoms with Gasteiger partial charge in [0.2, 0.25) is 0 Å². The molecule has 0 radical (unpaired) electrons. The van der Waals surface area contributed by atoms with Crippen molar-refractivity contribution >= 4 is 29.2 Å². The van der Waals surface area contributed by atoms with Gasteiger partial charge in [-0.1, -0.05) is 54.1 Å². The van der Waals surface area contributed by atoms with E-state index >= 15 is 0 Å². The van der Waals surface area contributed by atoms with Gasteiger partial charge in [-0.25, -0.2) is 10.1 Å². The molecule has 0 aromatic heterocycles. The minimum absolute atomic E-state index is 0.289. The Bertz CT molecular complexity index is 830. The van der Waals surface area contributed by atoms with Crippen LogP contribution in [0.4, 0.5) is 0 Å². The zero-order chi connectivity index (χ0) is 17.8. The summed E-state index contributed by atoms with van der Waals surface area (Å²) in [7, 11) is 0. The largest absolute Gasteiger partial charge is 0.462 e. The molecular formula is C19H19ClN3O2+. The molecule has 2 aromatic rings. The van der Waals surface area contributed by atoms with Crippen LogP contribution in [-0.4, -0.2) is 18.5 Å². The topological polar surface area (TPSA) is 78.3 Å². The van der Waals surface area contributed by atoms with Crippen LogP contribution in [0.15, 0.2) is 60.2 Å². The molecule has 0 saturated heterocycles. The summed E-state index contributed by atoms with van der Waals surface area (Å²) in [5, 5.41) is 3.69. The van der Waals surface area contributed by atoms with E-state index in [1.807, 2.05) is 42.5 Å². The first-order chi connectivity index (χ1) is 12.1. The van der Waals surface area contributed by atoms with Crippen LogP contribution in [0.1, 0.15) is 24.1 Å². The van der Waals surface area contributed by atoms with Gasteiger partial charge in [0.25, 0.3) is 0 Å². The average molecular weight is 357 g/mol. The quantitative estimate of drug-likeness (QED) is 0.723. The number of nitrogens with two attached hydrogens (primary N) is 1. The van der Waals surface area contributed by atoms with Crippen LogP contribution in [-0.2, 0) is 9.53 Å². The Morgan fingerprint density at radius 2 is 1.88 bits per heavy atom. The van der Waals surface area contributed by atoms with E-state index in [1.54, 1.807) is 19.1 Å². The molecule has 25 heavy (non-hydrogen) atoms. The zero-order valence-electron chi connectivity index (χ0n) is 13.8. The third kappa shape index (κ3) is 3.67. The van der Waals surface area contributed by atoms with Gasteiger partial charge in [-0.3, -0.25) is 10.7 Å². The SMILES string of the molecule is CCOC(=O)C1=C(c2ccccc2)NC(N)=[NH+][C@H]1c1ccc(Cl)cc1. The highest BCUT2D eigenvalue weighted by atomic mass is 35.5. The molecule has 5 nitrogen and oxygen atoms in total. The van der Waals surface area contributed by atoms with Gasteiger partial charge in [0.1, 0.15) is 17.3 Å². The van der Waals surface area contributed by atoms with Gasteiger partial charge in [-0.15, -0.1) is 0 Å². The Morgan fingerprint density at radius 1 is 1.20 bits per heavy atom. The molecule has 2 aromatic carbocycles. The second-order valence-corrected chi connectivity index (χ2v) is 5.98. The van der Waals surface area contributed by atoms with E-state index in [-0.39, 0.29) is 6.61 Å². The van der Waals surface area contributed by atoms with E-state index in [2.05, 4.69) is 10.3 Å². The Kier molecular flexibility index (Phi) is 5.05. The number of hydrogen-bond acceptors (Lipinski definition) is 4. The third-order valence-electron chi connectivity index (χ3n) is 3.88. The van der Waals surface area contributed by atoms with E-state index in [0.717, 1.165) is 11.1 Å². The normalized spacial score (nSPS) is 16.9. The van der Waals surface area contributed by atoms with E-state index < -0.39 is 12.0 Å². The predicted molar refractivity (Wildman–Crippen MR) is 97.5 cm³/mol. The maximum atomic E-state index is 12.7. The van der Waals surface area contributed by atoms with Crippen LogP contribution in [0, 0.1) is 0 Å². The lowest BCUT2D eigenvalue weighted by molar-refractivity contribution is -0.502. The van der Waals surface area contributed by atoms with Gasteiger partial charge < -0.3 is 4.74 Å². The number of ether oxygens (including phenoxy) is 1. The molecule has 0 spiro atoms. The number of guanidine groups is 1. The fourth-order valence-corrected chi connectivity index (χ4v) is 2.90. The maximum Gasteiger partial charge on any atom is 0.346 e. The third-order valence-corrected chi connectivity index (χ3v) is 4.13. The second kappa shape index (κ2) is 7.40. The molecule has 3 rings (SSSR count). The van der Waals surface area contributed by atoms with Crippen LogP contribution in [0.2, 0.25) is 5.02 Å². The first-order valence-electron chi connectivity index (χ1n) is 7.98. The van der Waals surface area contributed by atoms with Crippen LogP contribution >= 0.6 is 11.6 Å². The summed E-state index contributed by atoms with van der Waals surface area (Å²) in [6, 6.07) is 16.4. The molecule has 1 aliphatic rings. The van der Waals surface area contributed by atoms with Crippen LogP contribution in [0.3, 0.4) is 0 Å². The molecule has 1 aliphatic heterocycles. The fraction of sp³-hybridized carbons (Fsp3) is 0.158. The number of benzene rings is 2. The summed E-state index contributed by atoms with van der Waals surface area (Å²) in [6.07, 6.45) is 0. The number of rotatable bonds is 4. The first kappa shape index (κ1) is 17.0. The summed E-state index contributed by atoms with van der Waals surface area (Å²) >= 11 is 5.99. The zero-order valence-corrected chi connectivity index (χ0v) is 14.5. The van der Waals surface area contributed by atoms with Gasteiger partial charge in [-0.2, -0.15) is 0 Å². The highest BCUT2D eigenvalue weighted by molar-refractivity contribution is 6.30. The number of carbonyl (C=O) groups is 1. The summed E-state index contributed by atoms with van der Waals surface area (Å²) < 4.78 is 5.29. The Morgan fingerprint density at radius 3 is 2.52 bits per heavy atom. The van der Waals surface area contributed by atoms with Crippen LogP contribution in [0.25, 0.3) is 5.70 Å². The van der Waals surface area contributed by atoms with Crippen molar-refractivity contribution in [1.29, 1.82) is 0 Å². The van der Waals surface area contributed by atoms with Crippen LogP contribution < -0.4 is 16.0 Å². The summed E-state index contributed by atoms with van der Waals surface area (Å²) in [5.41, 5.74) is 8.87. The molecular weight excluding hydrogens is 338 g/mol. The Hall–Kier alpha value is -2.79. The average Bonchev–Trinajstić information content (AvgIpc) is 2.62. The lowest BCUT2D eigenvalue weighted by Crippen LogP contribution is -2.82. The van der Waals surface area contributed by atoms with Crippen molar-refractivity contribution < 1.29 is 14.5 Å². The number of esters is 1.